The monoisotopic (exact) mass is 325 g/mol. The van der Waals surface area contributed by atoms with Crippen molar-refractivity contribution < 1.29 is 4.39 Å². The molecule has 0 spiro atoms. The van der Waals surface area contributed by atoms with Crippen LogP contribution in [0.4, 0.5) is 4.39 Å². The Hall–Kier alpha value is -0.840. The van der Waals surface area contributed by atoms with Crippen molar-refractivity contribution in [1.29, 1.82) is 0 Å². The third kappa shape index (κ3) is 3.34. The maximum Gasteiger partial charge on any atom is 0.123 e. The lowest BCUT2D eigenvalue weighted by Gasteiger charge is -2.10. The Morgan fingerprint density at radius 1 is 1.17 bits per heavy atom. The zero-order chi connectivity index (χ0) is 13.0. The molecule has 0 fully saturated rings. The summed E-state index contributed by atoms with van der Waals surface area (Å²) in [5.74, 6) is -0.197. The fourth-order valence-corrected chi connectivity index (χ4v) is 3.10. The highest BCUT2D eigenvalue weighted by molar-refractivity contribution is 9.10. The van der Waals surface area contributed by atoms with Gasteiger partial charge >= 0.3 is 0 Å². The first-order valence-electron chi connectivity index (χ1n) is 5.56. The van der Waals surface area contributed by atoms with E-state index in [1.54, 1.807) is 17.8 Å². The van der Waals surface area contributed by atoms with Crippen molar-refractivity contribution in [3.8, 4) is 0 Å². The van der Waals surface area contributed by atoms with Crippen molar-refractivity contribution in [2.75, 3.05) is 7.05 Å². The molecule has 94 valence electrons. The summed E-state index contributed by atoms with van der Waals surface area (Å²) in [5.41, 5.74) is 0.971. The van der Waals surface area contributed by atoms with Gasteiger partial charge in [-0.05, 0) is 58.9 Å². The Kier molecular flexibility index (Phi) is 4.80. The summed E-state index contributed by atoms with van der Waals surface area (Å²) in [7, 11) is 1.86. The molecule has 2 rings (SSSR count). The molecule has 0 aliphatic carbocycles. The Morgan fingerprint density at radius 2 is 1.94 bits per heavy atom. The minimum Gasteiger partial charge on any atom is -0.316 e. The summed E-state index contributed by atoms with van der Waals surface area (Å²) >= 11 is 5.16. The van der Waals surface area contributed by atoms with E-state index in [4.69, 9.17) is 0 Å². The van der Waals surface area contributed by atoms with Crippen LogP contribution in [0.1, 0.15) is 5.56 Å². The maximum absolute atomic E-state index is 13.2. The molecule has 0 unspecified atom stereocenters. The van der Waals surface area contributed by atoms with Gasteiger partial charge in [-0.1, -0.05) is 23.9 Å². The zero-order valence-corrected chi connectivity index (χ0v) is 12.3. The summed E-state index contributed by atoms with van der Waals surface area (Å²) in [5, 5.41) is 3.06. The summed E-state index contributed by atoms with van der Waals surface area (Å²) in [6.07, 6.45) is 0. The second kappa shape index (κ2) is 6.36. The van der Waals surface area contributed by atoms with Gasteiger partial charge in [-0.25, -0.2) is 4.39 Å². The molecule has 0 amide bonds. The minimum absolute atomic E-state index is 0.197. The van der Waals surface area contributed by atoms with Crippen LogP contribution in [0.15, 0.2) is 56.7 Å². The molecule has 0 atom stereocenters. The molecule has 2 aromatic rings. The van der Waals surface area contributed by atoms with E-state index in [1.165, 1.54) is 6.07 Å². The maximum atomic E-state index is 13.2. The first-order valence-corrected chi connectivity index (χ1v) is 7.17. The molecule has 4 heteroatoms. The normalized spacial score (nSPS) is 10.6. The second-order valence-corrected chi connectivity index (χ2v) is 5.75. The highest BCUT2D eigenvalue weighted by Gasteiger charge is 2.07. The van der Waals surface area contributed by atoms with Gasteiger partial charge in [0.25, 0.3) is 0 Å². The molecule has 0 bridgehead atoms. The predicted molar refractivity (Wildman–Crippen MR) is 77.4 cm³/mol. The van der Waals surface area contributed by atoms with Crippen molar-refractivity contribution in [2.45, 2.75) is 16.3 Å². The van der Waals surface area contributed by atoms with Gasteiger partial charge in [0.15, 0.2) is 0 Å². The van der Waals surface area contributed by atoms with Gasteiger partial charge in [0.05, 0.1) is 0 Å². The third-order valence-electron chi connectivity index (χ3n) is 2.45. The van der Waals surface area contributed by atoms with Crippen LogP contribution in [-0.2, 0) is 6.54 Å². The first kappa shape index (κ1) is 13.6. The molecule has 0 heterocycles. The lowest BCUT2D eigenvalue weighted by molar-refractivity contribution is 0.621. The Bertz CT molecular complexity index is 545. The van der Waals surface area contributed by atoms with E-state index in [-0.39, 0.29) is 5.82 Å². The molecule has 1 nitrogen and oxygen atoms in total. The van der Waals surface area contributed by atoms with Gasteiger partial charge < -0.3 is 5.32 Å². The standard InChI is InChI=1S/C14H13BrFNS/c1-17-9-10-8-11(16)6-7-13(10)18-14-5-3-2-4-12(14)15/h2-8,17H,9H2,1H3. The van der Waals surface area contributed by atoms with E-state index in [9.17, 15) is 4.39 Å². The van der Waals surface area contributed by atoms with Crippen LogP contribution >= 0.6 is 27.7 Å². The van der Waals surface area contributed by atoms with Crippen molar-refractivity contribution in [3.63, 3.8) is 0 Å². The molecular weight excluding hydrogens is 313 g/mol. The van der Waals surface area contributed by atoms with Gasteiger partial charge in [-0.3, -0.25) is 0 Å². The van der Waals surface area contributed by atoms with E-state index in [0.717, 1.165) is 19.8 Å². The SMILES string of the molecule is CNCc1cc(F)ccc1Sc1ccccc1Br. The van der Waals surface area contributed by atoms with Gasteiger partial charge in [-0.2, -0.15) is 0 Å². The van der Waals surface area contributed by atoms with Gasteiger partial charge in [-0.15, -0.1) is 0 Å². The van der Waals surface area contributed by atoms with Gasteiger partial charge in [0, 0.05) is 20.8 Å². The number of nitrogens with one attached hydrogen (secondary N) is 1. The summed E-state index contributed by atoms with van der Waals surface area (Å²) < 4.78 is 14.3. The Morgan fingerprint density at radius 3 is 2.67 bits per heavy atom. The zero-order valence-electron chi connectivity index (χ0n) is 9.91. The average molecular weight is 326 g/mol. The molecule has 18 heavy (non-hydrogen) atoms. The van der Waals surface area contributed by atoms with Crippen LogP contribution in [0, 0.1) is 5.82 Å². The van der Waals surface area contributed by atoms with Crippen LogP contribution in [0.2, 0.25) is 0 Å². The minimum atomic E-state index is -0.197. The first-order chi connectivity index (χ1) is 8.70. The molecule has 0 saturated heterocycles. The number of hydrogen-bond donors (Lipinski definition) is 1. The molecule has 0 aromatic heterocycles. The highest BCUT2D eigenvalue weighted by atomic mass is 79.9. The largest absolute Gasteiger partial charge is 0.316 e. The number of benzene rings is 2. The van der Waals surface area contributed by atoms with Gasteiger partial charge in [0.1, 0.15) is 5.82 Å². The molecule has 0 aliphatic rings. The highest BCUT2D eigenvalue weighted by Crippen LogP contribution is 2.35. The molecule has 2 aromatic carbocycles. The van der Waals surface area contributed by atoms with E-state index in [1.807, 2.05) is 37.4 Å². The molecule has 0 aliphatic heterocycles. The van der Waals surface area contributed by atoms with Crippen molar-refractivity contribution in [2.24, 2.45) is 0 Å². The predicted octanol–water partition coefficient (Wildman–Crippen LogP) is 4.46. The van der Waals surface area contributed by atoms with Crippen molar-refractivity contribution in [1.82, 2.24) is 5.32 Å². The van der Waals surface area contributed by atoms with Crippen molar-refractivity contribution >= 4 is 27.7 Å². The summed E-state index contributed by atoms with van der Waals surface area (Å²) in [6, 6.07) is 12.9. The third-order valence-corrected chi connectivity index (χ3v) is 4.59. The number of halogens is 2. The Labute approximate surface area is 119 Å². The molecular formula is C14H13BrFNS. The quantitative estimate of drug-likeness (QED) is 0.890. The van der Waals surface area contributed by atoms with E-state index < -0.39 is 0 Å². The average Bonchev–Trinajstić information content (AvgIpc) is 2.35. The summed E-state index contributed by atoms with van der Waals surface area (Å²) in [4.78, 5) is 2.19. The lowest BCUT2D eigenvalue weighted by Crippen LogP contribution is -2.06. The molecule has 0 radical (unpaired) electrons. The van der Waals surface area contributed by atoms with Crippen LogP contribution in [-0.4, -0.2) is 7.05 Å². The second-order valence-electron chi connectivity index (χ2n) is 3.81. The number of hydrogen-bond acceptors (Lipinski definition) is 2. The lowest BCUT2D eigenvalue weighted by atomic mass is 10.2. The van der Waals surface area contributed by atoms with E-state index in [2.05, 4.69) is 21.2 Å². The fourth-order valence-electron chi connectivity index (χ4n) is 1.62. The van der Waals surface area contributed by atoms with Crippen LogP contribution < -0.4 is 5.32 Å². The molecule has 0 saturated carbocycles. The van der Waals surface area contributed by atoms with Crippen LogP contribution in [0.25, 0.3) is 0 Å². The topological polar surface area (TPSA) is 12.0 Å². The number of rotatable bonds is 4. The molecule has 1 N–H and O–H groups in total. The van der Waals surface area contributed by atoms with Crippen LogP contribution in [0.5, 0.6) is 0 Å². The summed E-state index contributed by atoms with van der Waals surface area (Å²) in [6.45, 7) is 0.657. The smallest absolute Gasteiger partial charge is 0.123 e. The fraction of sp³-hybridized carbons (Fsp3) is 0.143. The van der Waals surface area contributed by atoms with Crippen molar-refractivity contribution in [3.05, 3.63) is 58.3 Å². The Balaban J connectivity index is 2.31. The van der Waals surface area contributed by atoms with E-state index in [0.29, 0.717) is 6.54 Å². The van der Waals surface area contributed by atoms with Gasteiger partial charge in [0.2, 0.25) is 0 Å². The van der Waals surface area contributed by atoms with Crippen LogP contribution in [0.3, 0.4) is 0 Å². The van der Waals surface area contributed by atoms with E-state index >= 15 is 0 Å².